The Morgan fingerprint density at radius 1 is 1.00 bits per heavy atom. The number of hydrogen-bond acceptors (Lipinski definition) is 5. The lowest BCUT2D eigenvalue weighted by Gasteiger charge is -2.15. The highest BCUT2D eigenvalue weighted by molar-refractivity contribution is 5.95. The summed E-state index contributed by atoms with van der Waals surface area (Å²) in [7, 11) is 1.63. The molecule has 0 saturated heterocycles. The molecule has 2 N–H and O–H groups in total. The van der Waals surface area contributed by atoms with Gasteiger partial charge in [-0.05, 0) is 62.7 Å². The zero-order valence-corrected chi connectivity index (χ0v) is 16.5. The molecule has 6 nitrogen and oxygen atoms in total. The summed E-state index contributed by atoms with van der Waals surface area (Å²) < 4.78 is 5.17. The molecule has 0 aliphatic heterocycles. The number of nitrogens with one attached hydrogen (secondary N) is 2. The summed E-state index contributed by atoms with van der Waals surface area (Å²) in [5, 5.41) is 6.18. The van der Waals surface area contributed by atoms with Crippen molar-refractivity contribution >= 4 is 17.5 Å². The van der Waals surface area contributed by atoms with Gasteiger partial charge >= 0.3 is 0 Å². The number of hydrogen-bond donors (Lipinski definition) is 2. The molecule has 1 aromatic heterocycles. The van der Waals surface area contributed by atoms with E-state index in [0.29, 0.717) is 11.5 Å². The van der Waals surface area contributed by atoms with E-state index in [1.807, 2.05) is 63.2 Å². The third-order valence-corrected chi connectivity index (χ3v) is 4.33. The molecular formula is C22H24N4O2. The van der Waals surface area contributed by atoms with Gasteiger partial charge in [-0.15, -0.1) is 0 Å². The first-order valence-electron chi connectivity index (χ1n) is 9.09. The summed E-state index contributed by atoms with van der Waals surface area (Å²) in [6.45, 7) is 5.79. The second kappa shape index (κ2) is 8.52. The molecule has 0 radical (unpaired) electrons. The van der Waals surface area contributed by atoms with Gasteiger partial charge < -0.3 is 15.4 Å². The van der Waals surface area contributed by atoms with Gasteiger partial charge in [-0.3, -0.25) is 4.79 Å². The van der Waals surface area contributed by atoms with E-state index < -0.39 is 0 Å². The van der Waals surface area contributed by atoms with Gasteiger partial charge in [0.15, 0.2) is 0 Å². The van der Waals surface area contributed by atoms with E-state index in [1.165, 1.54) is 0 Å². The molecule has 0 bridgehead atoms. The first-order valence-corrected chi connectivity index (χ1v) is 9.09. The first kappa shape index (κ1) is 19.4. The van der Waals surface area contributed by atoms with Gasteiger partial charge in [0, 0.05) is 22.6 Å². The minimum atomic E-state index is -0.145. The van der Waals surface area contributed by atoms with Crippen molar-refractivity contribution in [3.63, 3.8) is 0 Å². The minimum absolute atomic E-state index is 0.127. The number of ether oxygens (including phenoxy) is 1. The number of amides is 1. The van der Waals surface area contributed by atoms with Crippen molar-refractivity contribution in [2.24, 2.45) is 0 Å². The maximum Gasteiger partial charge on any atom is 0.251 e. The highest BCUT2D eigenvalue weighted by Crippen LogP contribution is 2.19. The average molecular weight is 376 g/mol. The third kappa shape index (κ3) is 4.85. The Bertz CT molecular complexity index is 950. The molecule has 1 atom stereocenters. The van der Waals surface area contributed by atoms with Crippen LogP contribution in [-0.4, -0.2) is 23.0 Å². The van der Waals surface area contributed by atoms with Crippen LogP contribution in [0.1, 0.15) is 40.3 Å². The van der Waals surface area contributed by atoms with Crippen LogP contribution in [0, 0.1) is 13.8 Å². The molecule has 0 aliphatic carbocycles. The molecule has 1 amide bonds. The number of rotatable bonds is 6. The summed E-state index contributed by atoms with van der Waals surface area (Å²) >= 11 is 0. The maximum absolute atomic E-state index is 12.7. The molecule has 2 aromatic carbocycles. The maximum atomic E-state index is 12.7. The lowest BCUT2D eigenvalue weighted by Crippen LogP contribution is -2.26. The van der Waals surface area contributed by atoms with Gasteiger partial charge in [0.1, 0.15) is 5.75 Å². The molecule has 0 aliphatic rings. The number of methoxy groups -OCH3 is 1. The Balaban J connectivity index is 1.70. The fourth-order valence-electron chi connectivity index (χ4n) is 2.91. The van der Waals surface area contributed by atoms with Gasteiger partial charge in [-0.25, -0.2) is 9.97 Å². The lowest BCUT2D eigenvalue weighted by molar-refractivity contribution is 0.0940. The van der Waals surface area contributed by atoms with Crippen LogP contribution >= 0.6 is 0 Å². The summed E-state index contributed by atoms with van der Waals surface area (Å²) in [5.41, 5.74) is 4.10. The quantitative estimate of drug-likeness (QED) is 0.669. The van der Waals surface area contributed by atoms with Crippen molar-refractivity contribution in [2.45, 2.75) is 26.8 Å². The number of carbonyl (C=O) groups is 1. The summed E-state index contributed by atoms with van der Waals surface area (Å²) in [6.07, 6.45) is 0. The molecule has 144 valence electrons. The van der Waals surface area contributed by atoms with E-state index in [2.05, 4.69) is 20.6 Å². The monoisotopic (exact) mass is 376 g/mol. The van der Waals surface area contributed by atoms with Gasteiger partial charge in [0.25, 0.3) is 5.91 Å². The van der Waals surface area contributed by atoms with Crippen molar-refractivity contribution in [1.82, 2.24) is 15.3 Å². The van der Waals surface area contributed by atoms with Crippen molar-refractivity contribution < 1.29 is 9.53 Å². The largest absolute Gasteiger partial charge is 0.497 e. The highest BCUT2D eigenvalue weighted by atomic mass is 16.5. The molecule has 28 heavy (non-hydrogen) atoms. The van der Waals surface area contributed by atoms with Crippen molar-refractivity contribution in [3.05, 3.63) is 77.1 Å². The summed E-state index contributed by atoms with van der Waals surface area (Å²) in [4.78, 5) is 21.4. The van der Waals surface area contributed by atoms with Crippen molar-refractivity contribution in [3.8, 4) is 5.75 Å². The predicted octanol–water partition coefficient (Wildman–Crippen LogP) is 4.34. The normalized spacial score (nSPS) is 11.6. The van der Waals surface area contributed by atoms with Crippen LogP contribution in [0.25, 0.3) is 0 Å². The van der Waals surface area contributed by atoms with Crippen LogP contribution < -0.4 is 15.4 Å². The van der Waals surface area contributed by atoms with E-state index >= 15 is 0 Å². The molecule has 6 heteroatoms. The Labute approximate surface area is 165 Å². The second-order valence-corrected chi connectivity index (χ2v) is 6.65. The molecule has 0 spiro atoms. The number of aromatic nitrogens is 2. The third-order valence-electron chi connectivity index (χ3n) is 4.33. The molecule has 0 saturated carbocycles. The van der Waals surface area contributed by atoms with Crippen molar-refractivity contribution in [2.75, 3.05) is 12.4 Å². The fourth-order valence-corrected chi connectivity index (χ4v) is 2.91. The number of nitrogens with zero attached hydrogens (tertiary/aromatic N) is 2. The van der Waals surface area contributed by atoms with Crippen LogP contribution in [0.4, 0.5) is 11.6 Å². The first-order chi connectivity index (χ1) is 13.4. The van der Waals surface area contributed by atoms with E-state index in [9.17, 15) is 4.79 Å². The molecule has 0 fully saturated rings. The Morgan fingerprint density at radius 3 is 2.32 bits per heavy atom. The van der Waals surface area contributed by atoms with E-state index in [4.69, 9.17) is 4.74 Å². The van der Waals surface area contributed by atoms with Crippen LogP contribution in [-0.2, 0) is 0 Å². The Hall–Kier alpha value is -3.41. The smallest absolute Gasteiger partial charge is 0.251 e. The summed E-state index contributed by atoms with van der Waals surface area (Å²) in [6, 6.07) is 16.7. The average Bonchev–Trinajstić information content (AvgIpc) is 2.67. The SMILES string of the molecule is COc1ccc([C@H](C)NC(=O)c2cccc(Nc3nc(C)cc(C)n3)c2)cc1. The second-order valence-electron chi connectivity index (χ2n) is 6.65. The minimum Gasteiger partial charge on any atom is -0.497 e. The molecule has 3 rings (SSSR count). The fraction of sp³-hybridized carbons (Fsp3) is 0.227. The number of benzene rings is 2. The lowest BCUT2D eigenvalue weighted by atomic mass is 10.1. The zero-order chi connectivity index (χ0) is 20.1. The van der Waals surface area contributed by atoms with Gasteiger partial charge in [-0.1, -0.05) is 18.2 Å². The Morgan fingerprint density at radius 2 is 1.68 bits per heavy atom. The molecule has 3 aromatic rings. The van der Waals surface area contributed by atoms with Crippen LogP contribution in [0.3, 0.4) is 0 Å². The zero-order valence-electron chi connectivity index (χ0n) is 16.5. The van der Waals surface area contributed by atoms with E-state index in [0.717, 1.165) is 28.4 Å². The van der Waals surface area contributed by atoms with Gasteiger partial charge in [0.05, 0.1) is 13.2 Å². The number of aryl methyl sites for hydroxylation is 2. The molecule has 0 unspecified atom stereocenters. The number of anilines is 2. The van der Waals surface area contributed by atoms with E-state index in [1.54, 1.807) is 19.2 Å². The van der Waals surface area contributed by atoms with Crippen LogP contribution in [0.2, 0.25) is 0 Å². The summed E-state index contributed by atoms with van der Waals surface area (Å²) in [5.74, 6) is 1.16. The van der Waals surface area contributed by atoms with E-state index in [-0.39, 0.29) is 11.9 Å². The van der Waals surface area contributed by atoms with Gasteiger partial charge in [-0.2, -0.15) is 0 Å². The number of carbonyl (C=O) groups excluding carboxylic acids is 1. The molecule has 1 heterocycles. The standard InChI is InChI=1S/C22H24N4O2/c1-14-12-15(2)24-22(23-14)26-19-7-5-6-18(13-19)21(27)25-16(3)17-8-10-20(28-4)11-9-17/h5-13,16H,1-4H3,(H,25,27)(H,23,24,26)/t16-/m0/s1. The topological polar surface area (TPSA) is 76.1 Å². The Kier molecular flexibility index (Phi) is 5.89. The van der Waals surface area contributed by atoms with Crippen LogP contribution in [0.5, 0.6) is 5.75 Å². The van der Waals surface area contributed by atoms with Crippen molar-refractivity contribution in [1.29, 1.82) is 0 Å². The van der Waals surface area contributed by atoms with Gasteiger partial charge in [0.2, 0.25) is 5.95 Å². The predicted molar refractivity (Wildman–Crippen MR) is 110 cm³/mol. The highest BCUT2D eigenvalue weighted by Gasteiger charge is 2.12. The molecular weight excluding hydrogens is 352 g/mol. The van der Waals surface area contributed by atoms with Crippen LogP contribution in [0.15, 0.2) is 54.6 Å².